The van der Waals surface area contributed by atoms with Gasteiger partial charge in [-0.1, -0.05) is 11.6 Å². The van der Waals surface area contributed by atoms with Crippen LogP contribution < -0.4 is 10.0 Å². The first-order valence-corrected chi connectivity index (χ1v) is 9.66. The molecule has 0 fully saturated rings. The van der Waals surface area contributed by atoms with Gasteiger partial charge >= 0.3 is 0 Å². The van der Waals surface area contributed by atoms with Crippen LogP contribution in [0.25, 0.3) is 0 Å². The first kappa shape index (κ1) is 18.2. The van der Waals surface area contributed by atoms with Crippen LogP contribution in [0.1, 0.15) is 11.4 Å². The van der Waals surface area contributed by atoms with Gasteiger partial charge in [-0.15, -0.1) is 0 Å². The van der Waals surface area contributed by atoms with E-state index in [0.717, 1.165) is 17.1 Å². The van der Waals surface area contributed by atoms with Gasteiger partial charge in [-0.3, -0.25) is 4.72 Å². The summed E-state index contributed by atoms with van der Waals surface area (Å²) in [6.07, 6.45) is 0. The van der Waals surface area contributed by atoms with Gasteiger partial charge in [0.25, 0.3) is 10.0 Å². The molecular weight excluding hydrogens is 372 g/mol. The van der Waals surface area contributed by atoms with E-state index in [1.165, 1.54) is 24.3 Å². The predicted octanol–water partition coefficient (Wildman–Crippen LogP) is 4.29. The molecule has 134 valence electrons. The topological polar surface area (TPSA) is 84.0 Å². The van der Waals surface area contributed by atoms with Crippen molar-refractivity contribution in [3.8, 4) is 0 Å². The normalized spacial score (nSPS) is 11.2. The van der Waals surface area contributed by atoms with Gasteiger partial charge in [0.1, 0.15) is 0 Å². The molecule has 0 unspecified atom stereocenters. The number of hydrogen-bond acceptors (Lipinski definition) is 5. The molecule has 0 aliphatic rings. The summed E-state index contributed by atoms with van der Waals surface area (Å²) in [5.41, 5.74) is 2.94. The monoisotopic (exact) mass is 388 g/mol. The quantitative estimate of drug-likeness (QED) is 0.681. The van der Waals surface area contributed by atoms with Crippen LogP contribution in [0.2, 0.25) is 5.02 Å². The molecule has 0 saturated heterocycles. The summed E-state index contributed by atoms with van der Waals surface area (Å²) in [5.74, 6) is 0.497. The molecule has 0 saturated carbocycles. The summed E-state index contributed by atoms with van der Waals surface area (Å²) in [7, 11) is -3.67. The smallest absolute Gasteiger partial charge is 0.261 e. The Morgan fingerprint density at radius 3 is 1.96 bits per heavy atom. The van der Waals surface area contributed by atoms with Crippen molar-refractivity contribution in [2.24, 2.45) is 0 Å². The predicted molar refractivity (Wildman–Crippen MR) is 103 cm³/mol. The van der Waals surface area contributed by atoms with E-state index in [1.54, 1.807) is 24.3 Å². The Labute approximate surface area is 157 Å². The van der Waals surface area contributed by atoms with E-state index in [9.17, 15) is 8.42 Å². The van der Waals surface area contributed by atoms with Crippen molar-refractivity contribution in [3.05, 3.63) is 71.0 Å². The molecule has 6 nitrogen and oxygen atoms in total. The fourth-order valence-corrected chi connectivity index (χ4v) is 3.54. The van der Waals surface area contributed by atoms with E-state index in [1.807, 2.05) is 19.9 Å². The lowest BCUT2D eigenvalue weighted by Crippen LogP contribution is -2.12. The Balaban J connectivity index is 1.74. The molecule has 2 N–H and O–H groups in total. The van der Waals surface area contributed by atoms with Gasteiger partial charge in [0, 0.05) is 27.8 Å². The summed E-state index contributed by atoms with van der Waals surface area (Å²) < 4.78 is 27.3. The van der Waals surface area contributed by atoms with Crippen LogP contribution >= 0.6 is 11.6 Å². The Hall–Kier alpha value is -2.64. The van der Waals surface area contributed by atoms with Gasteiger partial charge < -0.3 is 5.32 Å². The zero-order chi connectivity index (χ0) is 18.7. The molecule has 0 bridgehead atoms. The number of nitrogens with zero attached hydrogens (tertiary/aromatic N) is 2. The number of halogens is 1. The lowest BCUT2D eigenvalue weighted by molar-refractivity contribution is 0.601. The van der Waals surface area contributed by atoms with Crippen molar-refractivity contribution >= 4 is 38.9 Å². The summed E-state index contributed by atoms with van der Waals surface area (Å²) >= 11 is 5.79. The highest BCUT2D eigenvalue weighted by Crippen LogP contribution is 2.21. The van der Waals surface area contributed by atoms with Crippen LogP contribution in [0.5, 0.6) is 0 Å². The molecule has 3 aromatic rings. The molecule has 26 heavy (non-hydrogen) atoms. The van der Waals surface area contributed by atoms with Gasteiger partial charge in [0.05, 0.1) is 4.90 Å². The van der Waals surface area contributed by atoms with Crippen LogP contribution in [0, 0.1) is 13.8 Å². The van der Waals surface area contributed by atoms with Gasteiger partial charge in [-0.05, 0) is 68.4 Å². The highest BCUT2D eigenvalue weighted by molar-refractivity contribution is 7.92. The Bertz CT molecular complexity index is 1000. The largest absolute Gasteiger partial charge is 0.324 e. The maximum Gasteiger partial charge on any atom is 0.261 e. The van der Waals surface area contributed by atoms with E-state index in [-0.39, 0.29) is 4.90 Å². The summed E-state index contributed by atoms with van der Waals surface area (Å²) in [5, 5.41) is 3.58. The van der Waals surface area contributed by atoms with Crippen LogP contribution in [0.3, 0.4) is 0 Å². The number of sulfonamides is 1. The van der Waals surface area contributed by atoms with Gasteiger partial charge in [-0.25, -0.2) is 18.4 Å². The zero-order valence-electron chi connectivity index (χ0n) is 14.2. The summed E-state index contributed by atoms with van der Waals surface area (Å²) in [4.78, 5) is 8.77. The van der Waals surface area contributed by atoms with Crippen molar-refractivity contribution in [1.29, 1.82) is 0 Å². The fourth-order valence-electron chi connectivity index (χ4n) is 2.36. The molecular formula is C18H17ClN4O2S. The zero-order valence-corrected chi connectivity index (χ0v) is 15.8. The van der Waals surface area contributed by atoms with E-state index in [4.69, 9.17) is 11.6 Å². The van der Waals surface area contributed by atoms with Crippen LogP contribution in [0.15, 0.2) is 59.5 Å². The Morgan fingerprint density at radius 1 is 0.846 bits per heavy atom. The fraction of sp³-hybridized carbons (Fsp3) is 0.111. The number of nitrogens with one attached hydrogen (secondary N) is 2. The standard InChI is InChI=1S/C18H17ClN4O2S/c1-12-11-13(2)21-18(20-12)22-15-5-7-16(8-6-15)23-26(24,25)17-9-3-14(19)4-10-17/h3-11,23H,1-2H3,(H,20,21,22). The lowest BCUT2D eigenvalue weighted by Gasteiger charge is -2.10. The lowest BCUT2D eigenvalue weighted by atomic mass is 10.3. The number of anilines is 3. The third kappa shape index (κ3) is 4.50. The van der Waals surface area contributed by atoms with E-state index in [0.29, 0.717) is 16.7 Å². The number of benzene rings is 2. The molecule has 0 radical (unpaired) electrons. The number of aryl methyl sites for hydroxylation is 2. The molecule has 8 heteroatoms. The maximum atomic E-state index is 12.4. The Morgan fingerprint density at radius 2 is 1.38 bits per heavy atom. The second-order valence-electron chi connectivity index (χ2n) is 5.74. The molecule has 1 aromatic heterocycles. The average Bonchev–Trinajstić information content (AvgIpc) is 2.56. The highest BCUT2D eigenvalue weighted by atomic mass is 35.5. The Kier molecular flexibility index (Phi) is 5.11. The van der Waals surface area contributed by atoms with Gasteiger partial charge in [-0.2, -0.15) is 0 Å². The minimum absolute atomic E-state index is 0.146. The summed E-state index contributed by atoms with van der Waals surface area (Å²) in [6, 6.07) is 14.7. The first-order chi connectivity index (χ1) is 12.3. The molecule has 0 spiro atoms. The second-order valence-corrected chi connectivity index (χ2v) is 7.85. The number of aromatic nitrogens is 2. The minimum Gasteiger partial charge on any atom is -0.324 e. The van der Waals surface area contributed by atoms with E-state index < -0.39 is 10.0 Å². The second kappa shape index (κ2) is 7.31. The molecule has 3 rings (SSSR count). The van der Waals surface area contributed by atoms with Crippen molar-refractivity contribution in [3.63, 3.8) is 0 Å². The first-order valence-electron chi connectivity index (χ1n) is 7.80. The molecule has 0 aliphatic carbocycles. The molecule has 0 amide bonds. The third-order valence-electron chi connectivity index (χ3n) is 3.50. The molecule has 0 aliphatic heterocycles. The maximum absolute atomic E-state index is 12.4. The summed E-state index contributed by atoms with van der Waals surface area (Å²) in [6.45, 7) is 3.79. The van der Waals surface area contributed by atoms with Gasteiger partial charge in [0.15, 0.2) is 0 Å². The number of rotatable bonds is 5. The number of hydrogen-bond donors (Lipinski definition) is 2. The van der Waals surface area contributed by atoms with Crippen LogP contribution in [-0.4, -0.2) is 18.4 Å². The SMILES string of the molecule is Cc1cc(C)nc(Nc2ccc(NS(=O)(=O)c3ccc(Cl)cc3)cc2)n1. The van der Waals surface area contributed by atoms with E-state index >= 15 is 0 Å². The van der Waals surface area contributed by atoms with Crippen LogP contribution in [0.4, 0.5) is 17.3 Å². The van der Waals surface area contributed by atoms with Crippen molar-refractivity contribution < 1.29 is 8.42 Å². The highest BCUT2D eigenvalue weighted by Gasteiger charge is 2.13. The van der Waals surface area contributed by atoms with Crippen molar-refractivity contribution in [1.82, 2.24) is 9.97 Å². The molecule has 0 atom stereocenters. The average molecular weight is 389 g/mol. The third-order valence-corrected chi connectivity index (χ3v) is 5.15. The molecule has 1 heterocycles. The van der Waals surface area contributed by atoms with E-state index in [2.05, 4.69) is 20.0 Å². The molecule has 2 aromatic carbocycles. The van der Waals surface area contributed by atoms with Crippen molar-refractivity contribution in [2.45, 2.75) is 18.7 Å². The van der Waals surface area contributed by atoms with Gasteiger partial charge in [0.2, 0.25) is 5.95 Å². The van der Waals surface area contributed by atoms with Crippen molar-refractivity contribution in [2.75, 3.05) is 10.0 Å². The van der Waals surface area contributed by atoms with Crippen LogP contribution in [-0.2, 0) is 10.0 Å². The minimum atomic E-state index is -3.67.